The third kappa shape index (κ3) is 6.51. The number of hydrogen-bond donors (Lipinski definition) is 3. The van der Waals surface area contributed by atoms with Crippen LogP contribution in [0, 0.1) is 5.92 Å². The van der Waals surface area contributed by atoms with Crippen LogP contribution < -0.4 is 25.6 Å². The van der Waals surface area contributed by atoms with Crippen LogP contribution in [0.5, 0.6) is 5.75 Å². The predicted octanol–water partition coefficient (Wildman–Crippen LogP) is 2.99. The molecular formula is C27H32ClN6O4+. The van der Waals surface area contributed by atoms with Crippen LogP contribution in [0.3, 0.4) is 0 Å². The maximum absolute atomic E-state index is 13.2. The highest BCUT2D eigenvalue weighted by molar-refractivity contribution is 6.30. The minimum atomic E-state index is -0.361. The largest absolute Gasteiger partial charge is 0.490 e. The maximum atomic E-state index is 13.2. The molecule has 2 heterocycles. The van der Waals surface area contributed by atoms with Crippen molar-refractivity contribution >= 4 is 35.1 Å². The molecule has 1 saturated heterocycles. The first kappa shape index (κ1) is 27.2. The molecule has 2 aromatic carbocycles. The monoisotopic (exact) mass is 539 g/mol. The zero-order valence-corrected chi connectivity index (χ0v) is 22.6. The van der Waals surface area contributed by atoms with Crippen molar-refractivity contribution in [2.45, 2.75) is 33.3 Å². The number of halogens is 1. The van der Waals surface area contributed by atoms with Crippen LogP contribution in [-0.4, -0.2) is 48.3 Å². The third-order valence-electron chi connectivity index (χ3n) is 6.12. The van der Waals surface area contributed by atoms with E-state index in [1.165, 1.54) is 5.32 Å². The van der Waals surface area contributed by atoms with Gasteiger partial charge in [-0.15, -0.1) is 5.10 Å². The Morgan fingerprint density at radius 2 is 1.95 bits per heavy atom. The van der Waals surface area contributed by atoms with Crippen LogP contribution in [0.4, 0.5) is 11.7 Å². The average Bonchev–Trinajstić information content (AvgIpc) is 3.58. The van der Waals surface area contributed by atoms with Gasteiger partial charge in [-0.3, -0.25) is 4.79 Å². The molecule has 0 radical (unpaired) electrons. The van der Waals surface area contributed by atoms with Crippen molar-refractivity contribution in [2.24, 2.45) is 5.92 Å². The predicted molar refractivity (Wildman–Crippen MR) is 144 cm³/mol. The van der Waals surface area contributed by atoms with E-state index in [0.29, 0.717) is 47.6 Å². The number of nitrogens with one attached hydrogen (secondary N) is 2. The molecule has 11 heteroatoms. The highest BCUT2D eigenvalue weighted by atomic mass is 35.5. The van der Waals surface area contributed by atoms with E-state index in [2.05, 4.69) is 20.8 Å². The lowest BCUT2D eigenvalue weighted by Crippen LogP contribution is -2.83. The van der Waals surface area contributed by atoms with Gasteiger partial charge < -0.3 is 24.7 Å². The number of aromatic nitrogens is 2. The molecule has 1 aliphatic rings. The molecule has 1 aliphatic heterocycles. The van der Waals surface area contributed by atoms with Crippen molar-refractivity contribution in [3.05, 3.63) is 64.9 Å². The van der Waals surface area contributed by atoms with E-state index in [1.807, 2.05) is 49.1 Å². The molecule has 0 saturated carbocycles. The Labute approximate surface area is 226 Å². The number of rotatable bonds is 9. The van der Waals surface area contributed by atoms with Crippen LogP contribution >= 0.6 is 11.6 Å². The van der Waals surface area contributed by atoms with Crippen molar-refractivity contribution < 1.29 is 24.1 Å². The molecule has 4 N–H and O–H groups in total. The van der Waals surface area contributed by atoms with Crippen LogP contribution in [-0.2, 0) is 9.59 Å². The number of anilines is 1. The highest BCUT2D eigenvalue weighted by Gasteiger charge is 2.33. The molecule has 1 atom stereocenters. The number of ether oxygens (including phenoxy) is 1. The fourth-order valence-electron chi connectivity index (χ4n) is 4.09. The first-order valence-corrected chi connectivity index (χ1v) is 12.8. The number of benzene rings is 2. The van der Waals surface area contributed by atoms with Gasteiger partial charge in [-0.2, -0.15) is 0 Å². The number of para-hydroxylation sites is 1. The van der Waals surface area contributed by atoms with Crippen LogP contribution in [0.15, 0.2) is 64.3 Å². The molecule has 0 aliphatic carbocycles. The Bertz CT molecular complexity index is 1320. The minimum Gasteiger partial charge on any atom is -0.490 e. The number of hydrogen-bond acceptors (Lipinski definition) is 8. The molecule has 2 amide bonds. The smallest absolute Gasteiger partial charge is 0.365 e. The summed E-state index contributed by atoms with van der Waals surface area (Å²) in [6, 6.07) is 14.8. The van der Waals surface area contributed by atoms with E-state index in [0.717, 1.165) is 5.69 Å². The summed E-state index contributed by atoms with van der Waals surface area (Å²) in [5.41, 5.74) is 2.16. The number of amides is 2. The van der Waals surface area contributed by atoms with Gasteiger partial charge in [0, 0.05) is 30.9 Å². The number of carbonyl (C=O) groups excluding carboxylic acids is 2. The SMILES string of the molecule is CN/C(C)=C(/NC(=O)[C@H]1CCN(c2nnc(-c3cc(Cl)ccc3OC(C)C)o2)C1)C(=O)[NH2+]c1ccccc1. The van der Waals surface area contributed by atoms with Gasteiger partial charge in [0.2, 0.25) is 5.91 Å². The van der Waals surface area contributed by atoms with Crippen molar-refractivity contribution in [2.75, 3.05) is 25.0 Å². The first-order valence-electron chi connectivity index (χ1n) is 12.4. The zero-order chi connectivity index (χ0) is 27.2. The third-order valence-corrected chi connectivity index (χ3v) is 6.36. The standard InChI is InChI=1S/C27H31ClN6O4/c1-16(2)37-22-11-10-19(28)14-21(22)26-32-33-27(38-26)34-13-12-18(15-34)24(35)31-23(17(3)29-4)25(36)30-20-8-6-5-7-9-20/h5-11,14,16,18,29H,12-13,15H2,1-4H3,(H,30,36)(H,31,35)/p+1/b23-17+/t18-/m0/s1. The zero-order valence-electron chi connectivity index (χ0n) is 21.8. The van der Waals surface area contributed by atoms with Gasteiger partial charge in [0.1, 0.15) is 11.4 Å². The summed E-state index contributed by atoms with van der Waals surface area (Å²) in [4.78, 5) is 28.0. The molecular weight excluding hydrogens is 508 g/mol. The summed E-state index contributed by atoms with van der Waals surface area (Å²) in [5.74, 6) is -0.0131. The number of quaternary nitrogens is 1. The topological polar surface area (TPSA) is 126 Å². The number of primary amides is 1. The second kappa shape index (κ2) is 12.1. The number of carbonyl (C=O) groups is 2. The van der Waals surface area contributed by atoms with E-state index in [-0.39, 0.29) is 35.4 Å². The van der Waals surface area contributed by atoms with E-state index < -0.39 is 0 Å². The fourth-order valence-corrected chi connectivity index (χ4v) is 4.26. The maximum Gasteiger partial charge on any atom is 0.365 e. The Hall–Kier alpha value is -3.89. The molecule has 0 unspecified atom stereocenters. The van der Waals surface area contributed by atoms with Gasteiger partial charge in [-0.05, 0) is 57.5 Å². The molecule has 4 rings (SSSR count). The summed E-state index contributed by atoms with van der Waals surface area (Å²) in [6.07, 6.45) is 0.531. The molecule has 0 bridgehead atoms. The van der Waals surface area contributed by atoms with Crippen molar-refractivity contribution in [3.63, 3.8) is 0 Å². The molecule has 38 heavy (non-hydrogen) atoms. The van der Waals surface area contributed by atoms with E-state index >= 15 is 0 Å². The molecule has 10 nitrogen and oxygen atoms in total. The minimum absolute atomic E-state index is 0.0437. The summed E-state index contributed by atoms with van der Waals surface area (Å²) in [5, 5.41) is 16.2. The van der Waals surface area contributed by atoms with E-state index in [1.54, 1.807) is 32.2 Å². The van der Waals surface area contributed by atoms with E-state index in [4.69, 9.17) is 20.8 Å². The Kier molecular flexibility index (Phi) is 8.65. The Balaban J connectivity index is 1.44. The summed E-state index contributed by atoms with van der Waals surface area (Å²) >= 11 is 6.20. The fraction of sp³-hybridized carbons (Fsp3) is 0.333. The Morgan fingerprint density at radius 1 is 1.18 bits per heavy atom. The molecule has 3 aromatic rings. The lowest BCUT2D eigenvalue weighted by Gasteiger charge is -2.15. The molecule has 0 spiro atoms. The molecule has 1 fully saturated rings. The van der Waals surface area contributed by atoms with Crippen molar-refractivity contribution in [1.82, 2.24) is 20.8 Å². The number of allylic oxidation sites excluding steroid dienone is 1. The van der Waals surface area contributed by atoms with Gasteiger partial charge in [0.15, 0.2) is 5.70 Å². The normalized spacial score (nSPS) is 15.8. The van der Waals surface area contributed by atoms with Gasteiger partial charge in [-0.1, -0.05) is 34.9 Å². The second-order valence-corrected chi connectivity index (χ2v) is 9.72. The van der Waals surface area contributed by atoms with Crippen molar-refractivity contribution in [1.29, 1.82) is 0 Å². The summed E-state index contributed by atoms with van der Waals surface area (Å²) in [7, 11) is 1.71. The first-order chi connectivity index (χ1) is 18.2. The quantitative estimate of drug-likeness (QED) is 0.280. The van der Waals surface area contributed by atoms with Gasteiger partial charge in [-0.25, -0.2) is 10.1 Å². The van der Waals surface area contributed by atoms with Crippen LogP contribution in [0.25, 0.3) is 11.5 Å². The van der Waals surface area contributed by atoms with Gasteiger partial charge >= 0.3 is 11.9 Å². The van der Waals surface area contributed by atoms with Gasteiger partial charge in [0.05, 0.1) is 17.6 Å². The van der Waals surface area contributed by atoms with Gasteiger partial charge in [0.25, 0.3) is 5.89 Å². The van der Waals surface area contributed by atoms with E-state index in [9.17, 15) is 9.59 Å². The Morgan fingerprint density at radius 3 is 2.66 bits per heavy atom. The van der Waals surface area contributed by atoms with Crippen LogP contribution in [0.1, 0.15) is 27.2 Å². The highest BCUT2D eigenvalue weighted by Crippen LogP contribution is 2.34. The summed E-state index contributed by atoms with van der Waals surface area (Å²) < 4.78 is 11.8. The number of nitrogens with two attached hydrogens (primary N) is 1. The molecule has 200 valence electrons. The summed E-state index contributed by atoms with van der Waals surface area (Å²) in [6.45, 7) is 6.54. The molecule has 1 aromatic heterocycles. The lowest BCUT2D eigenvalue weighted by molar-refractivity contribution is -0.479. The van der Waals surface area contributed by atoms with Crippen molar-refractivity contribution in [3.8, 4) is 17.2 Å². The van der Waals surface area contributed by atoms with Crippen LogP contribution in [0.2, 0.25) is 5.02 Å². The average molecular weight is 540 g/mol. The number of nitrogens with zero attached hydrogens (tertiary/aromatic N) is 3. The second-order valence-electron chi connectivity index (χ2n) is 9.29. The lowest BCUT2D eigenvalue weighted by atomic mass is 10.1.